The molecule has 2 aromatic rings. The van der Waals surface area contributed by atoms with Crippen molar-refractivity contribution in [3.05, 3.63) is 30.6 Å². The molecule has 1 aromatic carbocycles. The van der Waals surface area contributed by atoms with Crippen LogP contribution < -0.4 is 11.1 Å². The molecule has 0 bridgehead atoms. The van der Waals surface area contributed by atoms with Crippen LogP contribution >= 0.6 is 12.4 Å². The van der Waals surface area contributed by atoms with Crippen molar-refractivity contribution in [3.63, 3.8) is 0 Å². The van der Waals surface area contributed by atoms with Gasteiger partial charge in [0.25, 0.3) is 0 Å². The second-order valence-electron chi connectivity index (χ2n) is 4.52. The van der Waals surface area contributed by atoms with Crippen molar-refractivity contribution in [3.8, 4) is 0 Å². The quantitative estimate of drug-likeness (QED) is 0.901. The van der Waals surface area contributed by atoms with E-state index >= 15 is 0 Å². The first-order valence-corrected chi connectivity index (χ1v) is 5.85. The zero-order valence-electron chi connectivity index (χ0n) is 10.8. The molecule has 0 fully saturated rings. The number of fused-ring (bicyclic) bond motifs is 1. The molecule has 0 spiro atoms. The van der Waals surface area contributed by atoms with E-state index in [4.69, 9.17) is 5.73 Å². The fourth-order valence-electron chi connectivity index (χ4n) is 1.57. The van der Waals surface area contributed by atoms with Crippen LogP contribution in [0.2, 0.25) is 0 Å². The van der Waals surface area contributed by atoms with Crippen LogP contribution in [0.4, 0.5) is 5.69 Å². The normalized spacial score (nSPS) is 12.0. The predicted octanol–water partition coefficient (Wildman–Crippen LogP) is 1.97. The first-order chi connectivity index (χ1) is 8.58. The van der Waals surface area contributed by atoms with Gasteiger partial charge >= 0.3 is 0 Å². The van der Waals surface area contributed by atoms with Gasteiger partial charge in [-0.05, 0) is 24.1 Å². The molecule has 1 atom stereocenters. The number of aromatic nitrogens is 2. The molecule has 0 saturated heterocycles. The second kappa shape index (κ2) is 6.45. The van der Waals surface area contributed by atoms with Gasteiger partial charge < -0.3 is 11.1 Å². The lowest BCUT2D eigenvalue weighted by Crippen LogP contribution is -2.39. The van der Waals surface area contributed by atoms with Gasteiger partial charge in [0.1, 0.15) is 0 Å². The third-order valence-corrected chi connectivity index (χ3v) is 2.76. The summed E-state index contributed by atoms with van der Waals surface area (Å²) in [7, 11) is 0. The van der Waals surface area contributed by atoms with Gasteiger partial charge in [-0.3, -0.25) is 14.8 Å². The molecule has 5 nitrogen and oxygen atoms in total. The van der Waals surface area contributed by atoms with E-state index in [0.29, 0.717) is 5.69 Å². The number of halogens is 1. The minimum absolute atomic E-state index is 0. The number of carbonyl (C=O) groups excluding carboxylic acids is 1. The molecular formula is C13H17ClN4O. The van der Waals surface area contributed by atoms with Gasteiger partial charge in [0.05, 0.1) is 17.1 Å². The van der Waals surface area contributed by atoms with Crippen LogP contribution in [0.5, 0.6) is 0 Å². The number of anilines is 1. The minimum atomic E-state index is -0.512. The van der Waals surface area contributed by atoms with Crippen molar-refractivity contribution in [2.75, 3.05) is 5.32 Å². The Morgan fingerprint density at radius 2 is 1.84 bits per heavy atom. The summed E-state index contributed by atoms with van der Waals surface area (Å²) in [4.78, 5) is 20.2. The highest BCUT2D eigenvalue weighted by Gasteiger charge is 2.17. The van der Waals surface area contributed by atoms with E-state index < -0.39 is 6.04 Å². The summed E-state index contributed by atoms with van der Waals surface area (Å²) in [6.07, 6.45) is 3.25. The van der Waals surface area contributed by atoms with Crippen molar-refractivity contribution in [1.82, 2.24) is 9.97 Å². The van der Waals surface area contributed by atoms with Crippen molar-refractivity contribution < 1.29 is 4.79 Å². The smallest absolute Gasteiger partial charge is 0.241 e. The number of nitrogens with one attached hydrogen (secondary N) is 1. The Morgan fingerprint density at radius 3 is 2.47 bits per heavy atom. The molecule has 2 rings (SSSR count). The van der Waals surface area contributed by atoms with Crippen molar-refractivity contribution in [2.45, 2.75) is 19.9 Å². The molecule has 1 aromatic heterocycles. The zero-order valence-corrected chi connectivity index (χ0v) is 11.6. The average molecular weight is 281 g/mol. The number of nitrogens with two attached hydrogens (primary N) is 1. The molecule has 0 radical (unpaired) electrons. The molecule has 102 valence electrons. The lowest BCUT2D eigenvalue weighted by molar-refractivity contribution is -0.118. The number of nitrogens with zero attached hydrogens (tertiary/aromatic N) is 2. The van der Waals surface area contributed by atoms with Crippen LogP contribution in [0.3, 0.4) is 0 Å². The molecule has 0 aliphatic carbocycles. The van der Waals surface area contributed by atoms with E-state index in [1.807, 2.05) is 19.9 Å². The van der Waals surface area contributed by atoms with Crippen LogP contribution in [0.1, 0.15) is 13.8 Å². The van der Waals surface area contributed by atoms with Crippen molar-refractivity contribution in [1.29, 1.82) is 0 Å². The van der Waals surface area contributed by atoms with Crippen LogP contribution in [0.25, 0.3) is 11.0 Å². The molecule has 6 heteroatoms. The molecule has 0 aliphatic rings. The number of carbonyl (C=O) groups is 1. The maximum atomic E-state index is 11.8. The fourth-order valence-corrected chi connectivity index (χ4v) is 1.57. The number of amides is 1. The van der Waals surface area contributed by atoms with E-state index in [9.17, 15) is 4.79 Å². The average Bonchev–Trinajstić information content (AvgIpc) is 2.37. The molecule has 0 aliphatic heterocycles. The van der Waals surface area contributed by atoms with Gasteiger partial charge in [-0.1, -0.05) is 13.8 Å². The lowest BCUT2D eigenvalue weighted by atomic mass is 10.0. The molecule has 0 saturated carbocycles. The molecule has 1 heterocycles. The Morgan fingerprint density at radius 1 is 1.21 bits per heavy atom. The summed E-state index contributed by atoms with van der Waals surface area (Å²) < 4.78 is 0. The maximum absolute atomic E-state index is 11.8. The number of rotatable bonds is 3. The van der Waals surface area contributed by atoms with Crippen LogP contribution in [-0.4, -0.2) is 21.9 Å². The fraction of sp³-hybridized carbons (Fsp3) is 0.308. The van der Waals surface area contributed by atoms with Crippen LogP contribution in [0.15, 0.2) is 30.6 Å². The standard InChI is InChI=1S/C13H16N4O.ClH/c1-8(2)12(14)13(18)17-9-3-4-10-11(7-9)16-6-5-15-10;/h3-8,12H,14H2,1-2H3,(H,17,18);1H/t12-;/m1./s1. The van der Waals surface area contributed by atoms with E-state index in [2.05, 4.69) is 15.3 Å². The van der Waals surface area contributed by atoms with Gasteiger partial charge in [0.2, 0.25) is 5.91 Å². The summed E-state index contributed by atoms with van der Waals surface area (Å²) in [6.45, 7) is 3.83. The predicted molar refractivity (Wildman–Crippen MR) is 78.2 cm³/mol. The highest BCUT2D eigenvalue weighted by molar-refractivity contribution is 5.96. The molecule has 1 amide bonds. The SMILES string of the molecule is CC(C)[C@@H](N)C(=O)Nc1ccc2nccnc2c1.Cl. The Bertz CT molecular complexity index is 573. The first-order valence-electron chi connectivity index (χ1n) is 5.85. The molecule has 3 N–H and O–H groups in total. The van der Waals surface area contributed by atoms with Crippen LogP contribution in [0, 0.1) is 5.92 Å². The summed E-state index contributed by atoms with van der Waals surface area (Å²) in [5, 5.41) is 2.78. The van der Waals surface area contributed by atoms with Gasteiger partial charge in [0.15, 0.2) is 0 Å². The summed E-state index contributed by atoms with van der Waals surface area (Å²) in [5.41, 5.74) is 8.00. The zero-order chi connectivity index (χ0) is 13.1. The highest BCUT2D eigenvalue weighted by atomic mass is 35.5. The molecule has 19 heavy (non-hydrogen) atoms. The number of hydrogen-bond donors (Lipinski definition) is 2. The Balaban J connectivity index is 0.00000180. The van der Waals surface area contributed by atoms with Crippen molar-refractivity contribution >= 4 is 35.0 Å². The lowest BCUT2D eigenvalue weighted by Gasteiger charge is -2.15. The topological polar surface area (TPSA) is 80.9 Å². The minimum Gasteiger partial charge on any atom is -0.325 e. The second-order valence-corrected chi connectivity index (χ2v) is 4.52. The third-order valence-electron chi connectivity index (χ3n) is 2.76. The number of hydrogen-bond acceptors (Lipinski definition) is 4. The Labute approximate surface area is 118 Å². The molecular weight excluding hydrogens is 264 g/mol. The Kier molecular flexibility index (Phi) is 5.20. The van der Waals surface area contributed by atoms with Gasteiger partial charge in [-0.15, -0.1) is 12.4 Å². The maximum Gasteiger partial charge on any atom is 0.241 e. The number of benzene rings is 1. The molecule has 0 unspecified atom stereocenters. The van der Waals surface area contributed by atoms with Gasteiger partial charge in [0, 0.05) is 18.1 Å². The highest BCUT2D eigenvalue weighted by Crippen LogP contribution is 2.15. The van der Waals surface area contributed by atoms with E-state index in [0.717, 1.165) is 11.0 Å². The summed E-state index contributed by atoms with van der Waals surface area (Å²) in [5.74, 6) is -0.0847. The summed E-state index contributed by atoms with van der Waals surface area (Å²) in [6, 6.07) is 4.89. The monoisotopic (exact) mass is 280 g/mol. The Hall–Kier alpha value is -1.72. The van der Waals surface area contributed by atoms with E-state index in [1.54, 1.807) is 24.5 Å². The summed E-state index contributed by atoms with van der Waals surface area (Å²) >= 11 is 0. The largest absolute Gasteiger partial charge is 0.325 e. The van der Waals surface area contributed by atoms with Crippen LogP contribution in [-0.2, 0) is 4.79 Å². The van der Waals surface area contributed by atoms with Gasteiger partial charge in [-0.25, -0.2) is 0 Å². The van der Waals surface area contributed by atoms with E-state index in [1.165, 1.54) is 0 Å². The van der Waals surface area contributed by atoms with E-state index in [-0.39, 0.29) is 24.2 Å². The first kappa shape index (κ1) is 15.3. The van der Waals surface area contributed by atoms with Gasteiger partial charge in [-0.2, -0.15) is 0 Å². The van der Waals surface area contributed by atoms with Crippen molar-refractivity contribution in [2.24, 2.45) is 11.7 Å². The third kappa shape index (κ3) is 3.62.